The first-order valence-electron chi connectivity index (χ1n) is 7.59. The Morgan fingerprint density at radius 3 is 2.33 bits per heavy atom. The zero-order valence-electron chi connectivity index (χ0n) is 12.8. The lowest BCUT2D eigenvalue weighted by atomic mass is 10.1. The third-order valence-corrected chi connectivity index (χ3v) is 4.07. The number of hydrogen-bond acceptors (Lipinski definition) is 4. The van der Waals surface area contributed by atoms with Crippen molar-refractivity contribution in [2.24, 2.45) is 0 Å². The molecule has 0 bridgehead atoms. The number of aromatic amines is 1. The fourth-order valence-electron chi connectivity index (χ4n) is 2.83. The molecule has 3 heterocycles. The van der Waals surface area contributed by atoms with Crippen molar-refractivity contribution in [1.82, 2.24) is 19.9 Å². The van der Waals surface area contributed by atoms with Crippen LogP contribution in [0.4, 0.5) is 0 Å². The molecule has 6 nitrogen and oxygen atoms in total. The highest BCUT2D eigenvalue weighted by Gasteiger charge is 2.26. The number of amides is 1. The van der Waals surface area contributed by atoms with Crippen LogP contribution in [0.5, 0.6) is 0 Å². The van der Waals surface area contributed by atoms with E-state index in [0.717, 1.165) is 11.1 Å². The second kappa shape index (κ2) is 5.73. The predicted molar refractivity (Wildman–Crippen MR) is 88.1 cm³/mol. The molecule has 1 aliphatic heterocycles. The van der Waals surface area contributed by atoms with Crippen LogP contribution in [-0.4, -0.2) is 25.8 Å². The smallest absolute Gasteiger partial charge is 0.264 e. The summed E-state index contributed by atoms with van der Waals surface area (Å²) in [5, 5.41) is 0. The first-order valence-corrected chi connectivity index (χ1v) is 7.59. The van der Waals surface area contributed by atoms with Gasteiger partial charge in [-0.2, -0.15) is 0 Å². The highest BCUT2D eigenvalue weighted by atomic mass is 16.2. The Morgan fingerprint density at radius 2 is 1.71 bits per heavy atom. The van der Waals surface area contributed by atoms with Crippen LogP contribution in [0, 0.1) is 0 Å². The molecule has 0 atom stereocenters. The lowest BCUT2D eigenvalue weighted by Crippen LogP contribution is -2.31. The molecular formula is C18H14N4O2. The van der Waals surface area contributed by atoms with Gasteiger partial charge in [-0.1, -0.05) is 30.3 Å². The highest BCUT2D eigenvalue weighted by Crippen LogP contribution is 2.23. The van der Waals surface area contributed by atoms with E-state index in [9.17, 15) is 9.59 Å². The maximum Gasteiger partial charge on any atom is 0.264 e. The average molecular weight is 318 g/mol. The van der Waals surface area contributed by atoms with Gasteiger partial charge in [-0.05, 0) is 23.3 Å². The summed E-state index contributed by atoms with van der Waals surface area (Å²) in [6.45, 7) is 1.02. The molecule has 0 radical (unpaired) electrons. The van der Waals surface area contributed by atoms with Gasteiger partial charge in [-0.15, -0.1) is 0 Å². The molecule has 1 aliphatic rings. The number of nitrogens with one attached hydrogen (secondary N) is 1. The topological polar surface area (TPSA) is 79.0 Å². The Morgan fingerprint density at radius 1 is 1.00 bits per heavy atom. The Balaban J connectivity index is 1.61. The van der Waals surface area contributed by atoms with Gasteiger partial charge >= 0.3 is 0 Å². The largest absolute Gasteiger partial charge is 0.330 e. The van der Waals surface area contributed by atoms with Gasteiger partial charge in [0.05, 0.1) is 0 Å². The molecule has 4 rings (SSSR count). The molecule has 0 saturated carbocycles. The summed E-state index contributed by atoms with van der Waals surface area (Å²) in [4.78, 5) is 37.6. The van der Waals surface area contributed by atoms with E-state index in [2.05, 4.69) is 15.0 Å². The number of rotatable bonds is 2. The first-order chi connectivity index (χ1) is 11.7. The van der Waals surface area contributed by atoms with Crippen molar-refractivity contribution in [3.63, 3.8) is 0 Å². The number of fused-ring (bicyclic) bond motifs is 1. The van der Waals surface area contributed by atoms with E-state index in [4.69, 9.17) is 0 Å². The number of hydrogen-bond donors (Lipinski definition) is 1. The van der Waals surface area contributed by atoms with Crippen LogP contribution < -0.4 is 5.56 Å². The van der Waals surface area contributed by atoms with Crippen molar-refractivity contribution in [3.05, 3.63) is 81.9 Å². The number of carbonyl (C=O) groups is 1. The molecule has 0 saturated heterocycles. The van der Waals surface area contributed by atoms with E-state index >= 15 is 0 Å². The number of nitrogens with zero attached hydrogens (tertiary/aromatic N) is 3. The Kier molecular flexibility index (Phi) is 3.42. The fraction of sp³-hybridized carbons (Fsp3) is 0.111. The van der Waals surface area contributed by atoms with Crippen LogP contribution in [0.1, 0.15) is 21.5 Å². The van der Waals surface area contributed by atoms with E-state index in [1.54, 1.807) is 23.2 Å². The van der Waals surface area contributed by atoms with Crippen molar-refractivity contribution < 1.29 is 4.79 Å². The number of pyridine rings is 1. The van der Waals surface area contributed by atoms with E-state index in [1.807, 2.05) is 30.3 Å². The van der Waals surface area contributed by atoms with E-state index in [0.29, 0.717) is 24.6 Å². The van der Waals surface area contributed by atoms with Gasteiger partial charge in [0.15, 0.2) is 5.82 Å². The monoisotopic (exact) mass is 318 g/mol. The summed E-state index contributed by atoms with van der Waals surface area (Å²) >= 11 is 0. The van der Waals surface area contributed by atoms with Gasteiger partial charge in [-0.3, -0.25) is 14.6 Å². The van der Waals surface area contributed by atoms with E-state index in [1.165, 1.54) is 6.20 Å². The molecule has 2 aromatic heterocycles. The molecule has 6 heteroatoms. The van der Waals surface area contributed by atoms with Crippen molar-refractivity contribution in [2.45, 2.75) is 13.1 Å². The summed E-state index contributed by atoms with van der Waals surface area (Å²) in [6.07, 6.45) is 2.95. The quantitative estimate of drug-likeness (QED) is 0.783. The number of benzene rings is 1. The number of aromatic nitrogens is 3. The normalized spacial score (nSPS) is 12.9. The van der Waals surface area contributed by atoms with Gasteiger partial charge in [0, 0.05) is 25.5 Å². The Hall–Kier alpha value is -3.28. The van der Waals surface area contributed by atoms with Gasteiger partial charge in [0.25, 0.3) is 11.5 Å². The molecule has 0 unspecified atom stereocenters. The summed E-state index contributed by atoms with van der Waals surface area (Å²) in [5.74, 6) is 0.0365. The standard InChI is InChI=1S/C18H14N4O2/c23-17-14(9-20-16(21-17)15-7-3-4-8-19-15)18(24)22-10-12-5-1-2-6-13(12)11-22/h1-9H,10-11H2,(H,20,21,23). The lowest BCUT2D eigenvalue weighted by Gasteiger charge is -2.14. The summed E-state index contributed by atoms with van der Waals surface area (Å²) in [5.41, 5.74) is 2.37. The zero-order valence-corrected chi connectivity index (χ0v) is 12.8. The Labute approximate surface area is 137 Å². The fourth-order valence-corrected chi connectivity index (χ4v) is 2.83. The van der Waals surface area contributed by atoms with E-state index in [-0.39, 0.29) is 11.5 Å². The van der Waals surface area contributed by atoms with Gasteiger partial charge in [-0.25, -0.2) is 4.98 Å². The van der Waals surface area contributed by atoms with Crippen molar-refractivity contribution >= 4 is 5.91 Å². The van der Waals surface area contributed by atoms with E-state index < -0.39 is 5.56 Å². The third kappa shape index (κ3) is 2.48. The molecule has 1 amide bonds. The number of H-pyrrole nitrogens is 1. The number of carbonyl (C=O) groups excluding carboxylic acids is 1. The Bertz CT molecular complexity index is 941. The second-order valence-electron chi connectivity index (χ2n) is 5.62. The maximum absolute atomic E-state index is 12.6. The molecule has 1 N–H and O–H groups in total. The molecule has 0 aliphatic carbocycles. The zero-order chi connectivity index (χ0) is 16.5. The summed E-state index contributed by atoms with van der Waals surface area (Å²) < 4.78 is 0. The molecular weight excluding hydrogens is 304 g/mol. The molecule has 0 spiro atoms. The minimum Gasteiger partial charge on any atom is -0.330 e. The van der Waals surface area contributed by atoms with Crippen LogP contribution in [0.2, 0.25) is 0 Å². The van der Waals surface area contributed by atoms with Crippen LogP contribution in [0.15, 0.2) is 59.7 Å². The van der Waals surface area contributed by atoms with Crippen molar-refractivity contribution in [2.75, 3.05) is 0 Å². The molecule has 1 aromatic carbocycles. The highest BCUT2D eigenvalue weighted by molar-refractivity contribution is 5.94. The van der Waals surface area contributed by atoms with Gasteiger partial charge < -0.3 is 9.88 Å². The van der Waals surface area contributed by atoms with Crippen LogP contribution in [0.3, 0.4) is 0 Å². The SMILES string of the molecule is O=C(c1cnc(-c2ccccn2)[nH]c1=O)N1Cc2ccccc2C1. The van der Waals surface area contributed by atoms with Gasteiger partial charge in [0.2, 0.25) is 0 Å². The predicted octanol–water partition coefficient (Wildman–Crippen LogP) is 1.99. The molecule has 3 aromatic rings. The van der Waals surface area contributed by atoms with Crippen molar-refractivity contribution in [3.8, 4) is 11.5 Å². The summed E-state index contributed by atoms with van der Waals surface area (Å²) in [7, 11) is 0. The lowest BCUT2D eigenvalue weighted by molar-refractivity contribution is 0.0749. The first kappa shape index (κ1) is 14.3. The third-order valence-electron chi connectivity index (χ3n) is 4.07. The minimum atomic E-state index is -0.452. The van der Waals surface area contributed by atoms with Crippen LogP contribution in [-0.2, 0) is 13.1 Å². The molecule has 118 valence electrons. The van der Waals surface area contributed by atoms with Crippen LogP contribution >= 0.6 is 0 Å². The van der Waals surface area contributed by atoms with Gasteiger partial charge in [0.1, 0.15) is 11.3 Å². The van der Waals surface area contributed by atoms with Crippen molar-refractivity contribution in [1.29, 1.82) is 0 Å². The second-order valence-corrected chi connectivity index (χ2v) is 5.62. The molecule has 0 fully saturated rings. The summed E-state index contributed by atoms with van der Waals surface area (Å²) in [6, 6.07) is 13.2. The maximum atomic E-state index is 12.6. The molecule has 24 heavy (non-hydrogen) atoms. The average Bonchev–Trinajstić information content (AvgIpc) is 3.06. The van der Waals surface area contributed by atoms with Crippen LogP contribution in [0.25, 0.3) is 11.5 Å². The minimum absolute atomic E-state index is 0.0440.